The lowest BCUT2D eigenvalue weighted by Crippen LogP contribution is -2.15. The number of nitrogens with zero attached hydrogens (tertiary/aromatic N) is 5. The van der Waals surface area contributed by atoms with Gasteiger partial charge in [0.25, 0.3) is 0 Å². The van der Waals surface area contributed by atoms with Crippen molar-refractivity contribution in [3.8, 4) is 11.4 Å². The third-order valence-corrected chi connectivity index (χ3v) is 5.17. The van der Waals surface area contributed by atoms with Gasteiger partial charge in [0.15, 0.2) is 16.6 Å². The fourth-order valence-electron chi connectivity index (χ4n) is 2.99. The summed E-state index contributed by atoms with van der Waals surface area (Å²) in [6.07, 6.45) is 4.49. The molecule has 0 radical (unpaired) electrons. The predicted octanol–water partition coefficient (Wildman–Crippen LogP) is 3.45. The van der Waals surface area contributed by atoms with E-state index in [-0.39, 0.29) is 5.76 Å². The van der Waals surface area contributed by atoms with Gasteiger partial charge in [0.1, 0.15) is 0 Å². The Morgan fingerprint density at radius 3 is 2.67 bits per heavy atom. The van der Waals surface area contributed by atoms with Crippen molar-refractivity contribution in [3.05, 3.63) is 59.3 Å². The molecule has 0 saturated carbocycles. The van der Waals surface area contributed by atoms with E-state index in [2.05, 4.69) is 26.7 Å². The standard InChI is InChI=1S/C19H19N5O2S/c1-2-11-24-17(14-7-9-20-10-8-14)21-22-18(24)27-13-12-23-15-5-3-4-6-16(15)26-19(23)25/h3-10H,2,11-13H2,1H3. The van der Waals surface area contributed by atoms with Gasteiger partial charge in [-0.3, -0.25) is 9.55 Å². The molecule has 8 heteroatoms. The lowest BCUT2D eigenvalue weighted by atomic mass is 10.2. The van der Waals surface area contributed by atoms with Crippen LogP contribution in [0.5, 0.6) is 0 Å². The first-order valence-electron chi connectivity index (χ1n) is 8.82. The van der Waals surface area contributed by atoms with Crippen molar-refractivity contribution in [3.63, 3.8) is 0 Å². The molecule has 3 heterocycles. The molecular weight excluding hydrogens is 362 g/mol. The molecule has 27 heavy (non-hydrogen) atoms. The molecule has 0 aliphatic rings. The van der Waals surface area contributed by atoms with Crippen LogP contribution in [0.2, 0.25) is 0 Å². The van der Waals surface area contributed by atoms with Gasteiger partial charge >= 0.3 is 5.76 Å². The lowest BCUT2D eigenvalue weighted by molar-refractivity contribution is 0.514. The van der Waals surface area contributed by atoms with E-state index < -0.39 is 0 Å². The minimum Gasteiger partial charge on any atom is -0.408 e. The summed E-state index contributed by atoms with van der Waals surface area (Å²) in [5, 5.41) is 9.58. The number of thioether (sulfide) groups is 1. The number of para-hydroxylation sites is 2. The van der Waals surface area contributed by atoms with Crippen LogP contribution >= 0.6 is 11.8 Å². The molecule has 0 atom stereocenters. The summed E-state index contributed by atoms with van der Waals surface area (Å²) in [5.74, 6) is 1.21. The number of aryl methyl sites for hydroxylation is 1. The van der Waals surface area contributed by atoms with Crippen LogP contribution in [0.15, 0.2) is 63.2 Å². The van der Waals surface area contributed by atoms with Gasteiger partial charge in [0.2, 0.25) is 0 Å². The van der Waals surface area contributed by atoms with Crippen molar-refractivity contribution in [2.24, 2.45) is 0 Å². The maximum atomic E-state index is 12.1. The van der Waals surface area contributed by atoms with Gasteiger partial charge in [-0.15, -0.1) is 10.2 Å². The molecule has 4 rings (SSSR count). The van der Waals surface area contributed by atoms with E-state index in [4.69, 9.17) is 4.42 Å². The largest absolute Gasteiger partial charge is 0.419 e. The zero-order chi connectivity index (χ0) is 18.6. The number of hydrogen-bond donors (Lipinski definition) is 0. The normalized spacial score (nSPS) is 11.3. The van der Waals surface area contributed by atoms with Gasteiger partial charge in [0, 0.05) is 36.8 Å². The third kappa shape index (κ3) is 3.52. The Bertz CT molecular complexity index is 1100. The van der Waals surface area contributed by atoms with E-state index in [1.54, 1.807) is 34.8 Å². The summed E-state index contributed by atoms with van der Waals surface area (Å²) < 4.78 is 9.07. The molecule has 0 fully saturated rings. The molecular formula is C19H19N5O2S. The van der Waals surface area contributed by atoms with Crippen LogP contribution in [0.4, 0.5) is 0 Å². The van der Waals surface area contributed by atoms with Crippen molar-refractivity contribution in [2.45, 2.75) is 31.6 Å². The SMILES string of the molecule is CCCn1c(SCCn2c(=O)oc3ccccc32)nnc1-c1ccncc1. The van der Waals surface area contributed by atoms with Gasteiger partial charge in [-0.05, 0) is 30.7 Å². The first-order valence-corrected chi connectivity index (χ1v) is 9.81. The second-order valence-corrected chi connectivity index (χ2v) is 7.09. The Morgan fingerprint density at radius 2 is 1.85 bits per heavy atom. The van der Waals surface area contributed by atoms with Crippen molar-refractivity contribution in [1.29, 1.82) is 0 Å². The molecule has 7 nitrogen and oxygen atoms in total. The second kappa shape index (κ2) is 7.79. The zero-order valence-corrected chi connectivity index (χ0v) is 15.7. The molecule has 1 aromatic carbocycles. The number of rotatable bonds is 7. The number of oxazole rings is 1. The van der Waals surface area contributed by atoms with E-state index in [0.29, 0.717) is 17.9 Å². The van der Waals surface area contributed by atoms with Gasteiger partial charge < -0.3 is 8.98 Å². The van der Waals surface area contributed by atoms with Crippen molar-refractivity contribution < 1.29 is 4.42 Å². The Kier molecular flexibility index (Phi) is 5.06. The van der Waals surface area contributed by atoms with Crippen molar-refractivity contribution in [1.82, 2.24) is 24.3 Å². The van der Waals surface area contributed by atoms with E-state index in [0.717, 1.165) is 35.0 Å². The minimum absolute atomic E-state index is 0.329. The summed E-state index contributed by atoms with van der Waals surface area (Å²) in [6, 6.07) is 11.3. The average molecular weight is 381 g/mol. The van der Waals surface area contributed by atoms with Gasteiger partial charge in [-0.25, -0.2) is 4.79 Å². The molecule has 138 valence electrons. The molecule has 3 aromatic heterocycles. The zero-order valence-electron chi connectivity index (χ0n) is 14.9. The highest BCUT2D eigenvalue weighted by Crippen LogP contribution is 2.24. The highest BCUT2D eigenvalue weighted by Gasteiger charge is 2.14. The molecule has 0 aliphatic heterocycles. The molecule has 0 bridgehead atoms. The summed E-state index contributed by atoms with van der Waals surface area (Å²) in [4.78, 5) is 16.1. The maximum Gasteiger partial charge on any atom is 0.419 e. The van der Waals surface area contributed by atoms with Crippen LogP contribution in [0.3, 0.4) is 0 Å². The van der Waals surface area contributed by atoms with Crippen molar-refractivity contribution >= 4 is 22.9 Å². The Morgan fingerprint density at radius 1 is 1.04 bits per heavy atom. The number of aromatic nitrogens is 5. The summed E-state index contributed by atoms with van der Waals surface area (Å²) in [7, 11) is 0. The van der Waals surface area contributed by atoms with Crippen LogP contribution in [0, 0.1) is 0 Å². The average Bonchev–Trinajstić information content (AvgIpc) is 3.24. The van der Waals surface area contributed by atoms with Gasteiger partial charge in [-0.2, -0.15) is 0 Å². The fourth-order valence-corrected chi connectivity index (χ4v) is 3.88. The lowest BCUT2D eigenvalue weighted by Gasteiger charge is -2.09. The monoisotopic (exact) mass is 381 g/mol. The Balaban J connectivity index is 1.54. The number of benzene rings is 1. The minimum atomic E-state index is -0.329. The van der Waals surface area contributed by atoms with Crippen LogP contribution in [-0.2, 0) is 13.1 Å². The Hall–Kier alpha value is -2.87. The van der Waals surface area contributed by atoms with Gasteiger partial charge in [-0.1, -0.05) is 30.8 Å². The Labute approximate surface area is 160 Å². The molecule has 0 aliphatic carbocycles. The van der Waals surface area contributed by atoms with E-state index in [1.165, 1.54) is 0 Å². The fraction of sp³-hybridized carbons (Fsp3) is 0.263. The molecule has 0 saturated heterocycles. The number of pyridine rings is 1. The molecule has 0 amide bonds. The number of fused-ring (bicyclic) bond motifs is 1. The summed E-state index contributed by atoms with van der Waals surface area (Å²) in [6.45, 7) is 3.51. The van der Waals surface area contributed by atoms with Crippen molar-refractivity contribution in [2.75, 3.05) is 5.75 Å². The van der Waals surface area contributed by atoms with Crippen LogP contribution < -0.4 is 5.76 Å². The summed E-state index contributed by atoms with van der Waals surface area (Å²) >= 11 is 1.59. The first-order chi connectivity index (χ1) is 13.3. The molecule has 0 spiro atoms. The van der Waals surface area contributed by atoms with E-state index >= 15 is 0 Å². The smallest absolute Gasteiger partial charge is 0.408 e. The first kappa shape index (κ1) is 17.5. The molecule has 0 N–H and O–H groups in total. The van der Waals surface area contributed by atoms with Crippen LogP contribution in [0.25, 0.3) is 22.5 Å². The highest BCUT2D eigenvalue weighted by molar-refractivity contribution is 7.99. The van der Waals surface area contributed by atoms with E-state index in [9.17, 15) is 4.79 Å². The van der Waals surface area contributed by atoms with Crippen LogP contribution in [0.1, 0.15) is 13.3 Å². The number of hydrogen-bond acceptors (Lipinski definition) is 6. The molecule has 0 unspecified atom stereocenters. The maximum absolute atomic E-state index is 12.1. The third-order valence-electron chi connectivity index (χ3n) is 4.22. The van der Waals surface area contributed by atoms with Crippen LogP contribution in [-0.4, -0.2) is 30.1 Å². The highest BCUT2D eigenvalue weighted by atomic mass is 32.2. The second-order valence-electron chi connectivity index (χ2n) is 6.03. The quantitative estimate of drug-likeness (QED) is 0.456. The molecule has 4 aromatic rings. The topological polar surface area (TPSA) is 78.7 Å². The predicted molar refractivity (Wildman–Crippen MR) is 105 cm³/mol. The van der Waals surface area contributed by atoms with Gasteiger partial charge in [0.05, 0.1) is 5.52 Å². The summed E-state index contributed by atoms with van der Waals surface area (Å²) in [5.41, 5.74) is 2.42. The van der Waals surface area contributed by atoms with E-state index in [1.807, 2.05) is 30.3 Å².